The van der Waals surface area contributed by atoms with E-state index in [1.54, 1.807) is 14.1 Å². The van der Waals surface area contributed by atoms with Crippen molar-refractivity contribution in [1.82, 2.24) is 9.62 Å². The minimum atomic E-state index is -3.87. The second-order valence-electron chi connectivity index (χ2n) is 4.90. The van der Waals surface area contributed by atoms with E-state index in [9.17, 15) is 17.6 Å². The van der Waals surface area contributed by atoms with Crippen molar-refractivity contribution < 1.29 is 17.6 Å². The van der Waals surface area contributed by atoms with Gasteiger partial charge in [0.1, 0.15) is 4.90 Å². The van der Waals surface area contributed by atoms with E-state index in [4.69, 9.17) is 5.26 Å². The molecule has 126 valence electrons. The molecule has 0 saturated heterocycles. The number of benzene rings is 1. The average Bonchev–Trinajstić information content (AvgIpc) is 2.52. The number of carbonyl (C=O) groups excluding carboxylic acids is 1. The number of anilines is 1. The Bertz CT molecular complexity index is 698. The summed E-state index contributed by atoms with van der Waals surface area (Å²) in [4.78, 5) is 12.9. The lowest BCUT2D eigenvalue weighted by Gasteiger charge is -2.15. The number of alkyl halides is 1. The molecule has 0 aliphatic rings. The van der Waals surface area contributed by atoms with Crippen molar-refractivity contribution in [2.75, 3.05) is 39.2 Å². The Hall–Kier alpha value is -2.18. The van der Waals surface area contributed by atoms with Gasteiger partial charge in [-0.2, -0.15) is 5.26 Å². The summed E-state index contributed by atoms with van der Waals surface area (Å²) in [6.45, 7) is -0.776. The molecule has 0 spiro atoms. The van der Waals surface area contributed by atoms with Gasteiger partial charge in [-0.1, -0.05) is 0 Å². The summed E-state index contributed by atoms with van der Waals surface area (Å²) in [6.07, 6.45) is 0.0669. The molecule has 2 N–H and O–H groups in total. The lowest BCUT2D eigenvalue weighted by Crippen LogP contribution is -2.30. The van der Waals surface area contributed by atoms with Crippen molar-refractivity contribution in [1.29, 1.82) is 5.26 Å². The Morgan fingerprint density at radius 3 is 2.65 bits per heavy atom. The van der Waals surface area contributed by atoms with Gasteiger partial charge in [-0.25, -0.2) is 13.1 Å². The molecule has 0 heterocycles. The van der Waals surface area contributed by atoms with Crippen LogP contribution in [-0.4, -0.2) is 53.1 Å². The third-order valence-electron chi connectivity index (χ3n) is 2.93. The minimum Gasteiger partial charge on any atom is -0.375 e. The normalized spacial score (nSPS) is 10.9. The number of carbonyl (C=O) groups is 1. The van der Waals surface area contributed by atoms with Crippen LogP contribution in [0.4, 0.5) is 10.1 Å². The molecule has 0 atom stereocenters. The highest BCUT2D eigenvalue weighted by Crippen LogP contribution is 2.22. The molecule has 23 heavy (non-hydrogen) atoms. The molecule has 1 rings (SSSR count). The van der Waals surface area contributed by atoms with Crippen molar-refractivity contribution in [2.45, 2.75) is 11.3 Å². The highest BCUT2D eigenvalue weighted by atomic mass is 32.2. The minimum absolute atomic E-state index is 0.0328. The molecular formula is C14H19FN4O3S. The molecule has 0 aliphatic heterocycles. The standard InChI is InChI=1S/C14H19FN4O3S/c1-19(2)14(20)10-17-12-8-11(9-16)4-5-13(12)23(21,22)18-7-3-6-15/h4-5,8,17-18H,3,6-7,10H2,1-2H3. The molecule has 1 amide bonds. The molecule has 0 aromatic heterocycles. The third kappa shape index (κ3) is 5.50. The zero-order chi connectivity index (χ0) is 17.5. The number of halogens is 1. The fraction of sp³-hybridized carbons (Fsp3) is 0.429. The van der Waals surface area contributed by atoms with E-state index in [-0.39, 0.29) is 41.6 Å². The first kappa shape index (κ1) is 18.9. The molecule has 7 nitrogen and oxygen atoms in total. The fourth-order valence-electron chi connectivity index (χ4n) is 1.65. The lowest BCUT2D eigenvalue weighted by atomic mass is 10.2. The van der Waals surface area contributed by atoms with Gasteiger partial charge in [0.05, 0.1) is 30.5 Å². The van der Waals surface area contributed by atoms with Gasteiger partial charge in [-0.15, -0.1) is 0 Å². The van der Waals surface area contributed by atoms with Gasteiger partial charge in [0.15, 0.2) is 0 Å². The number of amides is 1. The number of sulfonamides is 1. The third-order valence-corrected chi connectivity index (χ3v) is 4.45. The van der Waals surface area contributed by atoms with Crippen LogP contribution in [0, 0.1) is 11.3 Å². The molecular weight excluding hydrogens is 323 g/mol. The molecule has 0 radical (unpaired) electrons. The summed E-state index contributed by atoms with van der Waals surface area (Å²) in [5.41, 5.74) is 0.402. The summed E-state index contributed by atoms with van der Waals surface area (Å²) < 4.78 is 38.9. The van der Waals surface area contributed by atoms with Crippen LogP contribution in [0.1, 0.15) is 12.0 Å². The van der Waals surface area contributed by atoms with Crippen LogP contribution >= 0.6 is 0 Å². The number of rotatable bonds is 8. The first-order valence-electron chi connectivity index (χ1n) is 6.85. The quantitative estimate of drug-likeness (QED) is 0.677. The highest BCUT2D eigenvalue weighted by molar-refractivity contribution is 7.89. The van der Waals surface area contributed by atoms with Gasteiger partial charge in [0.2, 0.25) is 15.9 Å². The van der Waals surface area contributed by atoms with Crippen LogP contribution in [0.3, 0.4) is 0 Å². The first-order chi connectivity index (χ1) is 10.8. The van der Waals surface area contributed by atoms with Crippen molar-refractivity contribution in [3.8, 4) is 6.07 Å². The molecule has 0 unspecified atom stereocenters. The number of hydrogen-bond acceptors (Lipinski definition) is 5. The van der Waals surface area contributed by atoms with Crippen LogP contribution in [-0.2, 0) is 14.8 Å². The van der Waals surface area contributed by atoms with Crippen LogP contribution in [0.25, 0.3) is 0 Å². The monoisotopic (exact) mass is 342 g/mol. The van der Waals surface area contributed by atoms with E-state index in [1.807, 2.05) is 6.07 Å². The van der Waals surface area contributed by atoms with Gasteiger partial charge < -0.3 is 10.2 Å². The Kier molecular flexibility index (Phi) is 6.93. The average molecular weight is 342 g/mol. The number of hydrogen-bond donors (Lipinski definition) is 2. The van der Waals surface area contributed by atoms with E-state index in [0.717, 1.165) is 0 Å². The maximum absolute atomic E-state index is 12.3. The summed E-state index contributed by atoms with van der Waals surface area (Å²) in [6, 6.07) is 5.90. The van der Waals surface area contributed by atoms with E-state index < -0.39 is 16.7 Å². The molecule has 9 heteroatoms. The largest absolute Gasteiger partial charge is 0.375 e. The van der Waals surface area contributed by atoms with Crippen LogP contribution in [0.2, 0.25) is 0 Å². The van der Waals surface area contributed by atoms with Gasteiger partial charge >= 0.3 is 0 Å². The number of nitrogens with zero attached hydrogens (tertiary/aromatic N) is 2. The summed E-state index contributed by atoms with van der Waals surface area (Å²) in [5, 5.41) is 11.7. The van der Waals surface area contributed by atoms with Crippen LogP contribution in [0.15, 0.2) is 23.1 Å². The molecule has 1 aromatic rings. The van der Waals surface area contributed by atoms with Crippen LogP contribution in [0.5, 0.6) is 0 Å². The van der Waals surface area contributed by atoms with Crippen molar-refractivity contribution in [3.63, 3.8) is 0 Å². The predicted octanol–water partition coefficient (Wildman–Crippen LogP) is 0.696. The van der Waals surface area contributed by atoms with E-state index in [1.165, 1.54) is 23.1 Å². The number of nitrogens with one attached hydrogen (secondary N) is 2. The molecule has 0 bridgehead atoms. The first-order valence-corrected chi connectivity index (χ1v) is 8.34. The van der Waals surface area contributed by atoms with Gasteiger partial charge in [0.25, 0.3) is 0 Å². The summed E-state index contributed by atoms with van der Waals surface area (Å²) >= 11 is 0. The second-order valence-corrected chi connectivity index (χ2v) is 6.64. The predicted molar refractivity (Wildman–Crippen MR) is 84.1 cm³/mol. The van der Waals surface area contributed by atoms with E-state index in [0.29, 0.717) is 0 Å². The Morgan fingerprint density at radius 2 is 2.09 bits per heavy atom. The van der Waals surface area contributed by atoms with Crippen molar-refractivity contribution in [2.24, 2.45) is 0 Å². The molecule has 0 saturated carbocycles. The summed E-state index contributed by atoms with van der Waals surface area (Å²) in [5.74, 6) is -0.249. The van der Waals surface area contributed by atoms with E-state index in [2.05, 4.69) is 10.0 Å². The second kappa shape index (κ2) is 8.45. The van der Waals surface area contributed by atoms with Gasteiger partial charge in [-0.3, -0.25) is 9.18 Å². The number of likely N-dealkylation sites (N-methyl/N-ethyl adjacent to an activating group) is 1. The topological polar surface area (TPSA) is 102 Å². The fourth-order valence-corrected chi connectivity index (χ4v) is 2.89. The Balaban J connectivity index is 3.07. The van der Waals surface area contributed by atoms with Crippen molar-refractivity contribution >= 4 is 21.6 Å². The smallest absolute Gasteiger partial charge is 0.242 e. The summed E-state index contributed by atoms with van der Waals surface area (Å²) in [7, 11) is -0.719. The van der Waals surface area contributed by atoms with Gasteiger partial charge in [-0.05, 0) is 24.6 Å². The van der Waals surface area contributed by atoms with Gasteiger partial charge in [0, 0.05) is 20.6 Å². The SMILES string of the molecule is CN(C)C(=O)CNc1cc(C#N)ccc1S(=O)(=O)NCCCF. The maximum Gasteiger partial charge on any atom is 0.242 e. The lowest BCUT2D eigenvalue weighted by molar-refractivity contribution is -0.126. The molecule has 0 aliphatic carbocycles. The zero-order valence-corrected chi connectivity index (χ0v) is 13.8. The molecule has 0 fully saturated rings. The van der Waals surface area contributed by atoms with Crippen LogP contribution < -0.4 is 10.0 Å². The highest BCUT2D eigenvalue weighted by Gasteiger charge is 2.19. The number of nitriles is 1. The molecule has 1 aromatic carbocycles. The van der Waals surface area contributed by atoms with E-state index >= 15 is 0 Å². The Morgan fingerprint density at radius 1 is 1.39 bits per heavy atom. The van der Waals surface area contributed by atoms with Crippen molar-refractivity contribution in [3.05, 3.63) is 23.8 Å². The zero-order valence-electron chi connectivity index (χ0n) is 13.0. The maximum atomic E-state index is 12.3. The Labute approximate surface area is 135 Å².